The molecular formula is C16H25Cl2N3O. The van der Waals surface area contributed by atoms with Gasteiger partial charge in [0.2, 0.25) is 5.91 Å². The molecule has 0 spiro atoms. The van der Waals surface area contributed by atoms with Crippen LogP contribution in [0.2, 0.25) is 0 Å². The van der Waals surface area contributed by atoms with Gasteiger partial charge in [-0.05, 0) is 31.4 Å². The van der Waals surface area contributed by atoms with Crippen LogP contribution in [0, 0.1) is 5.92 Å². The highest BCUT2D eigenvalue weighted by molar-refractivity contribution is 5.99. The molecule has 4 nitrogen and oxygen atoms in total. The van der Waals surface area contributed by atoms with Gasteiger partial charge in [-0.1, -0.05) is 18.6 Å². The summed E-state index contributed by atoms with van der Waals surface area (Å²) in [6.45, 7) is 1.67. The second-order valence-electron chi connectivity index (χ2n) is 6.02. The molecule has 22 heavy (non-hydrogen) atoms. The summed E-state index contributed by atoms with van der Waals surface area (Å²) in [6.07, 6.45) is 3.96. The van der Waals surface area contributed by atoms with Crippen LogP contribution < -0.4 is 15.5 Å². The Labute approximate surface area is 144 Å². The molecule has 0 aromatic heterocycles. The molecule has 124 valence electrons. The summed E-state index contributed by atoms with van der Waals surface area (Å²) in [5, 5.41) is 0. The van der Waals surface area contributed by atoms with E-state index < -0.39 is 0 Å². The van der Waals surface area contributed by atoms with Crippen molar-refractivity contribution in [2.24, 2.45) is 11.7 Å². The van der Waals surface area contributed by atoms with Gasteiger partial charge in [-0.15, -0.1) is 24.8 Å². The lowest BCUT2D eigenvalue weighted by Gasteiger charge is -2.38. The number of carbonyl (C=O) groups is 1. The minimum atomic E-state index is 0. The number of benzene rings is 1. The zero-order chi connectivity index (χ0) is 14.1. The van der Waals surface area contributed by atoms with Crippen molar-refractivity contribution >= 4 is 42.1 Å². The fourth-order valence-corrected chi connectivity index (χ4v) is 3.41. The molecule has 1 aliphatic heterocycles. The van der Waals surface area contributed by atoms with Crippen LogP contribution in [0.4, 0.5) is 11.4 Å². The minimum Gasteiger partial charge on any atom is -0.371 e. The second-order valence-corrected chi connectivity index (χ2v) is 6.02. The van der Waals surface area contributed by atoms with Gasteiger partial charge in [0.05, 0.1) is 11.4 Å². The molecule has 0 saturated heterocycles. The van der Waals surface area contributed by atoms with Crippen molar-refractivity contribution in [2.45, 2.75) is 31.7 Å². The van der Waals surface area contributed by atoms with Crippen molar-refractivity contribution in [3.8, 4) is 0 Å². The molecule has 6 heteroatoms. The van der Waals surface area contributed by atoms with E-state index in [9.17, 15) is 4.79 Å². The van der Waals surface area contributed by atoms with Crippen molar-refractivity contribution in [3.05, 3.63) is 24.3 Å². The highest BCUT2D eigenvalue weighted by Gasteiger charge is 2.32. The Morgan fingerprint density at radius 3 is 2.50 bits per heavy atom. The number of halogens is 2. The van der Waals surface area contributed by atoms with Gasteiger partial charge in [-0.2, -0.15) is 0 Å². The molecule has 1 saturated carbocycles. The van der Waals surface area contributed by atoms with E-state index in [0.29, 0.717) is 0 Å². The Bertz CT molecular complexity index is 512. The van der Waals surface area contributed by atoms with E-state index in [1.54, 1.807) is 0 Å². The van der Waals surface area contributed by atoms with E-state index in [0.717, 1.165) is 50.1 Å². The zero-order valence-corrected chi connectivity index (χ0v) is 14.5. The summed E-state index contributed by atoms with van der Waals surface area (Å²) < 4.78 is 0. The Kier molecular flexibility index (Phi) is 6.98. The van der Waals surface area contributed by atoms with Gasteiger partial charge >= 0.3 is 0 Å². The number of anilines is 2. The molecular weight excluding hydrogens is 321 g/mol. The summed E-state index contributed by atoms with van der Waals surface area (Å²) in [6, 6.07) is 8.36. The largest absolute Gasteiger partial charge is 0.371 e. The first-order valence-electron chi connectivity index (χ1n) is 7.54. The Morgan fingerprint density at radius 1 is 1.14 bits per heavy atom. The molecule has 1 heterocycles. The molecule has 3 rings (SSSR count). The highest BCUT2D eigenvalue weighted by Crippen LogP contribution is 2.34. The molecule has 1 aromatic carbocycles. The highest BCUT2D eigenvalue weighted by atomic mass is 35.5. The summed E-state index contributed by atoms with van der Waals surface area (Å²) in [5.41, 5.74) is 8.22. The second kappa shape index (κ2) is 8.04. The van der Waals surface area contributed by atoms with Crippen molar-refractivity contribution in [3.63, 3.8) is 0 Å². The average molecular weight is 346 g/mol. The van der Waals surface area contributed by atoms with Gasteiger partial charge in [0.1, 0.15) is 0 Å². The van der Waals surface area contributed by atoms with Gasteiger partial charge in [0.15, 0.2) is 0 Å². The number of nitrogens with zero attached hydrogens (tertiary/aromatic N) is 2. The van der Waals surface area contributed by atoms with Crippen LogP contribution in [0.25, 0.3) is 0 Å². The van der Waals surface area contributed by atoms with Crippen LogP contribution in [0.5, 0.6) is 0 Å². The van der Waals surface area contributed by atoms with Gasteiger partial charge < -0.3 is 15.5 Å². The number of likely N-dealkylation sites (N-methyl/N-ethyl adjacent to an activating group) is 1. The molecule has 1 fully saturated rings. The number of rotatable bonds is 1. The first-order chi connectivity index (χ1) is 9.66. The summed E-state index contributed by atoms with van der Waals surface area (Å²) in [4.78, 5) is 17.0. The van der Waals surface area contributed by atoms with Gasteiger partial charge in [0, 0.05) is 32.1 Å². The van der Waals surface area contributed by atoms with Crippen molar-refractivity contribution in [2.75, 3.05) is 29.9 Å². The minimum absolute atomic E-state index is 0. The average Bonchev–Trinajstić information content (AvgIpc) is 2.47. The van der Waals surface area contributed by atoms with Gasteiger partial charge in [-0.25, -0.2) is 0 Å². The molecule has 2 N–H and O–H groups in total. The van der Waals surface area contributed by atoms with Crippen LogP contribution in [0.15, 0.2) is 24.3 Å². The van der Waals surface area contributed by atoms with E-state index in [4.69, 9.17) is 5.73 Å². The standard InChI is InChI=1S/C16H23N3O.2ClH/c1-18-9-10-19(15-8-3-2-7-14(15)18)16(20)12-5-4-6-13(17)11-12;;/h2-3,7-8,12-13H,4-6,9-11,17H2,1H3;2*1H. The van der Waals surface area contributed by atoms with Crippen LogP contribution in [-0.4, -0.2) is 32.1 Å². The number of para-hydroxylation sites is 2. The fraction of sp³-hybridized carbons (Fsp3) is 0.562. The maximum atomic E-state index is 12.8. The van der Waals surface area contributed by atoms with E-state index in [1.165, 1.54) is 0 Å². The SMILES string of the molecule is CN1CCN(C(=O)C2CCCC(N)C2)c2ccccc21.Cl.Cl. The van der Waals surface area contributed by atoms with Crippen LogP contribution >= 0.6 is 24.8 Å². The quantitative estimate of drug-likeness (QED) is 0.851. The molecule has 1 amide bonds. The smallest absolute Gasteiger partial charge is 0.230 e. The molecule has 2 atom stereocenters. The maximum absolute atomic E-state index is 12.8. The fourth-order valence-electron chi connectivity index (χ4n) is 3.41. The molecule has 1 aromatic rings. The molecule has 0 bridgehead atoms. The van der Waals surface area contributed by atoms with Crippen LogP contribution in [0.1, 0.15) is 25.7 Å². The summed E-state index contributed by atoms with van der Waals surface area (Å²) in [5.74, 6) is 0.371. The first kappa shape index (κ1) is 19.1. The molecule has 2 unspecified atom stereocenters. The van der Waals surface area contributed by atoms with Crippen molar-refractivity contribution < 1.29 is 4.79 Å². The number of hydrogen-bond acceptors (Lipinski definition) is 3. The monoisotopic (exact) mass is 345 g/mol. The number of nitrogens with two attached hydrogens (primary N) is 1. The van der Waals surface area contributed by atoms with E-state index >= 15 is 0 Å². The van der Waals surface area contributed by atoms with E-state index in [-0.39, 0.29) is 42.7 Å². The molecule has 2 aliphatic rings. The Morgan fingerprint density at radius 2 is 1.82 bits per heavy atom. The van der Waals surface area contributed by atoms with Crippen molar-refractivity contribution in [1.29, 1.82) is 0 Å². The third-order valence-electron chi connectivity index (χ3n) is 4.57. The van der Waals surface area contributed by atoms with Crippen LogP contribution in [0.3, 0.4) is 0 Å². The summed E-state index contributed by atoms with van der Waals surface area (Å²) >= 11 is 0. The third-order valence-corrected chi connectivity index (χ3v) is 4.57. The van der Waals surface area contributed by atoms with E-state index in [2.05, 4.69) is 18.0 Å². The number of carbonyl (C=O) groups excluding carboxylic acids is 1. The normalized spacial score (nSPS) is 23.9. The number of fused-ring (bicyclic) bond motifs is 1. The third kappa shape index (κ3) is 3.67. The number of amides is 1. The predicted octanol–water partition coefficient (Wildman–Crippen LogP) is 2.83. The molecule has 0 radical (unpaired) electrons. The zero-order valence-electron chi connectivity index (χ0n) is 12.9. The van der Waals surface area contributed by atoms with Crippen molar-refractivity contribution in [1.82, 2.24) is 0 Å². The number of hydrogen-bond donors (Lipinski definition) is 1. The first-order valence-corrected chi connectivity index (χ1v) is 7.54. The van der Waals surface area contributed by atoms with Gasteiger partial charge in [0.25, 0.3) is 0 Å². The van der Waals surface area contributed by atoms with Gasteiger partial charge in [-0.3, -0.25) is 4.79 Å². The molecule has 1 aliphatic carbocycles. The Hall–Kier alpha value is -0.970. The maximum Gasteiger partial charge on any atom is 0.230 e. The lowest BCUT2D eigenvalue weighted by Crippen LogP contribution is -2.46. The van der Waals surface area contributed by atoms with E-state index in [1.807, 2.05) is 23.1 Å². The lowest BCUT2D eigenvalue weighted by molar-refractivity contribution is -0.123. The predicted molar refractivity (Wildman–Crippen MR) is 96.5 cm³/mol. The summed E-state index contributed by atoms with van der Waals surface area (Å²) in [7, 11) is 2.08. The Balaban J connectivity index is 0.00000121. The topological polar surface area (TPSA) is 49.6 Å². The van der Waals surface area contributed by atoms with Crippen LogP contribution in [-0.2, 0) is 4.79 Å². The lowest BCUT2D eigenvalue weighted by atomic mass is 9.85.